The smallest absolute Gasteiger partial charge is 0.268 e. The van der Waals surface area contributed by atoms with Crippen LogP contribution in [-0.4, -0.2) is 61.5 Å². The number of nitrogens with zero attached hydrogens (tertiary/aromatic N) is 4. The first-order valence-electron chi connectivity index (χ1n) is 11.2. The second-order valence-corrected chi connectivity index (χ2v) is 8.93. The highest BCUT2D eigenvalue weighted by molar-refractivity contribution is 7.12. The highest BCUT2D eigenvalue weighted by Crippen LogP contribution is 2.23. The lowest BCUT2D eigenvalue weighted by atomic mass is 10.1. The molecule has 0 unspecified atom stereocenters. The molecule has 1 saturated heterocycles. The monoisotopic (exact) mass is 463 g/mol. The Kier molecular flexibility index (Phi) is 7.36. The molecule has 1 aromatic carbocycles. The molecule has 0 aliphatic carbocycles. The number of benzene rings is 1. The van der Waals surface area contributed by atoms with E-state index in [1.165, 1.54) is 16.2 Å². The van der Waals surface area contributed by atoms with Gasteiger partial charge in [-0.2, -0.15) is 0 Å². The van der Waals surface area contributed by atoms with Gasteiger partial charge in [-0.15, -0.1) is 11.3 Å². The molecule has 8 heteroatoms. The lowest BCUT2D eigenvalue weighted by molar-refractivity contribution is 0.0951. The summed E-state index contributed by atoms with van der Waals surface area (Å²) in [5, 5.41) is 4.83. The fourth-order valence-electron chi connectivity index (χ4n) is 3.91. The number of carbonyl (C=O) groups excluding carboxylic acids is 2. The first-order valence-corrected chi connectivity index (χ1v) is 12.1. The average Bonchev–Trinajstić information content (AvgIpc) is 3.42. The van der Waals surface area contributed by atoms with Crippen LogP contribution in [0.5, 0.6) is 0 Å². The fourth-order valence-corrected chi connectivity index (χ4v) is 4.61. The Hall–Kier alpha value is -3.23. The molecule has 2 amide bonds. The third-order valence-electron chi connectivity index (χ3n) is 5.95. The molecule has 0 spiro atoms. The van der Waals surface area contributed by atoms with Crippen LogP contribution in [-0.2, 0) is 6.54 Å². The largest absolute Gasteiger partial charge is 0.354 e. The molecule has 2 aromatic heterocycles. The Morgan fingerprint density at radius 3 is 2.52 bits per heavy atom. The fraction of sp³-hybridized carbons (Fsp3) is 0.320. The van der Waals surface area contributed by atoms with Crippen LogP contribution in [0, 0.1) is 0 Å². The molecule has 1 aliphatic rings. The Bertz CT molecular complexity index is 1080. The number of piperazine rings is 1. The number of thiophene rings is 1. The second-order valence-electron chi connectivity index (χ2n) is 7.99. The van der Waals surface area contributed by atoms with Crippen LogP contribution in [0.25, 0.3) is 0 Å². The Balaban J connectivity index is 1.38. The summed E-state index contributed by atoms with van der Waals surface area (Å²) in [6.07, 6.45) is 1.82. The van der Waals surface area contributed by atoms with Gasteiger partial charge in [0.05, 0.1) is 16.1 Å². The van der Waals surface area contributed by atoms with E-state index in [4.69, 9.17) is 0 Å². The van der Waals surface area contributed by atoms with Crippen molar-refractivity contribution in [3.05, 3.63) is 76.1 Å². The highest BCUT2D eigenvalue weighted by Gasteiger charge is 2.20. The van der Waals surface area contributed by atoms with Gasteiger partial charge in [-0.3, -0.25) is 9.59 Å². The number of hydrogen-bond donors (Lipinski definition) is 1. The summed E-state index contributed by atoms with van der Waals surface area (Å²) in [7, 11) is 1.69. The molecule has 0 radical (unpaired) electrons. The number of aromatic nitrogens is 1. The normalized spacial score (nSPS) is 14.2. The minimum absolute atomic E-state index is 0.134. The quantitative estimate of drug-likeness (QED) is 0.581. The molecular weight excluding hydrogens is 434 g/mol. The van der Waals surface area contributed by atoms with E-state index in [-0.39, 0.29) is 11.8 Å². The van der Waals surface area contributed by atoms with E-state index in [9.17, 15) is 9.59 Å². The van der Waals surface area contributed by atoms with Crippen molar-refractivity contribution >= 4 is 34.7 Å². The zero-order valence-electron chi connectivity index (χ0n) is 19.0. The highest BCUT2D eigenvalue weighted by atomic mass is 32.1. The Labute approximate surface area is 198 Å². The molecule has 0 saturated carbocycles. The molecule has 1 fully saturated rings. The van der Waals surface area contributed by atoms with Crippen LogP contribution < -0.4 is 15.1 Å². The molecule has 33 heavy (non-hydrogen) atoms. The van der Waals surface area contributed by atoms with E-state index in [0.29, 0.717) is 22.7 Å². The average molecular weight is 464 g/mol. The maximum absolute atomic E-state index is 12.9. The second kappa shape index (κ2) is 10.6. The maximum Gasteiger partial charge on any atom is 0.268 e. The minimum Gasteiger partial charge on any atom is -0.354 e. The van der Waals surface area contributed by atoms with Gasteiger partial charge in [0.2, 0.25) is 0 Å². The molecular formula is C25H29N5O2S. The summed E-state index contributed by atoms with van der Waals surface area (Å²) >= 11 is 1.38. The summed E-state index contributed by atoms with van der Waals surface area (Å²) in [5.41, 5.74) is 1.97. The molecule has 172 valence electrons. The number of amides is 2. The number of para-hydroxylation sites is 1. The van der Waals surface area contributed by atoms with Gasteiger partial charge in [-0.1, -0.05) is 31.2 Å². The molecule has 3 aromatic rings. The first kappa shape index (κ1) is 22.9. The summed E-state index contributed by atoms with van der Waals surface area (Å²) < 4.78 is 0. The third kappa shape index (κ3) is 5.40. The van der Waals surface area contributed by atoms with Crippen molar-refractivity contribution in [3.8, 4) is 0 Å². The van der Waals surface area contributed by atoms with Crippen LogP contribution in [0.4, 0.5) is 11.5 Å². The molecule has 0 atom stereocenters. The molecule has 7 nitrogen and oxygen atoms in total. The number of nitrogens with one attached hydrogen (secondary N) is 1. The zero-order valence-corrected chi connectivity index (χ0v) is 19.8. The van der Waals surface area contributed by atoms with Crippen molar-refractivity contribution in [3.63, 3.8) is 0 Å². The predicted molar refractivity (Wildman–Crippen MR) is 133 cm³/mol. The maximum atomic E-state index is 12.9. The van der Waals surface area contributed by atoms with Crippen LogP contribution >= 0.6 is 11.3 Å². The van der Waals surface area contributed by atoms with Gasteiger partial charge in [-0.25, -0.2) is 4.98 Å². The van der Waals surface area contributed by atoms with Gasteiger partial charge in [0.25, 0.3) is 11.8 Å². The van der Waals surface area contributed by atoms with E-state index in [0.717, 1.165) is 44.1 Å². The number of rotatable bonds is 7. The van der Waals surface area contributed by atoms with Gasteiger partial charge in [0.15, 0.2) is 0 Å². The topological polar surface area (TPSA) is 68.8 Å². The standard InChI is InChI=1S/C25H29N5O2S/c1-3-29-12-14-30(15-13-29)23-11-10-19(17-26-23)18-27-24(31)20-7-4-5-8-21(20)28(2)25(32)22-9-6-16-33-22/h4-11,16-17H,3,12-15,18H2,1-2H3,(H,27,31). The van der Waals surface area contributed by atoms with Gasteiger partial charge in [0.1, 0.15) is 5.82 Å². The predicted octanol–water partition coefficient (Wildman–Crippen LogP) is 3.49. The van der Waals surface area contributed by atoms with Crippen molar-refractivity contribution in [1.29, 1.82) is 0 Å². The van der Waals surface area contributed by atoms with Gasteiger partial charge in [-0.05, 0) is 41.8 Å². The van der Waals surface area contributed by atoms with Gasteiger partial charge >= 0.3 is 0 Å². The van der Waals surface area contributed by atoms with Crippen molar-refractivity contribution in [1.82, 2.24) is 15.2 Å². The number of hydrogen-bond acceptors (Lipinski definition) is 6. The van der Waals surface area contributed by atoms with Crippen molar-refractivity contribution < 1.29 is 9.59 Å². The lowest BCUT2D eigenvalue weighted by Crippen LogP contribution is -2.46. The van der Waals surface area contributed by atoms with E-state index in [1.54, 1.807) is 31.3 Å². The van der Waals surface area contributed by atoms with Crippen LogP contribution in [0.3, 0.4) is 0 Å². The number of pyridine rings is 1. The zero-order chi connectivity index (χ0) is 23.2. The molecule has 3 heterocycles. The summed E-state index contributed by atoms with van der Waals surface area (Å²) in [6.45, 7) is 7.71. The number of carbonyl (C=O) groups is 2. The SMILES string of the molecule is CCN1CCN(c2ccc(CNC(=O)c3ccccc3N(C)C(=O)c3cccs3)cn2)CC1. The van der Waals surface area contributed by atoms with Crippen molar-refractivity contribution in [2.24, 2.45) is 0 Å². The number of likely N-dealkylation sites (N-methyl/N-ethyl adjacent to an activating group) is 1. The summed E-state index contributed by atoms with van der Waals surface area (Å²) in [6, 6.07) is 14.8. The van der Waals surface area contributed by atoms with E-state index in [1.807, 2.05) is 35.8 Å². The Morgan fingerprint density at radius 2 is 1.85 bits per heavy atom. The van der Waals surface area contributed by atoms with Gasteiger partial charge in [0, 0.05) is 46.0 Å². The molecule has 0 bridgehead atoms. The molecule has 1 N–H and O–H groups in total. The van der Waals surface area contributed by atoms with E-state index >= 15 is 0 Å². The summed E-state index contributed by atoms with van der Waals surface area (Å²) in [5.74, 6) is 0.612. The van der Waals surface area contributed by atoms with Crippen molar-refractivity contribution in [2.75, 3.05) is 49.6 Å². The van der Waals surface area contributed by atoms with Crippen LogP contribution in [0.15, 0.2) is 60.1 Å². The minimum atomic E-state index is -0.226. The lowest BCUT2D eigenvalue weighted by Gasteiger charge is -2.34. The summed E-state index contributed by atoms with van der Waals surface area (Å²) in [4.78, 5) is 37.2. The molecule has 4 rings (SSSR count). The van der Waals surface area contributed by atoms with E-state index in [2.05, 4.69) is 27.0 Å². The molecule has 1 aliphatic heterocycles. The Morgan fingerprint density at radius 1 is 1.06 bits per heavy atom. The van der Waals surface area contributed by atoms with Gasteiger partial charge < -0.3 is 20.0 Å². The van der Waals surface area contributed by atoms with Crippen LogP contribution in [0.2, 0.25) is 0 Å². The van der Waals surface area contributed by atoms with Crippen LogP contribution in [0.1, 0.15) is 32.5 Å². The van der Waals surface area contributed by atoms with Crippen molar-refractivity contribution in [2.45, 2.75) is 13.5 Å². The number of anilines is 2. The third-order valence-corrected chi connectivity index (χ3v) is 6.81. The van der Waals surface area contributed by atoms with E-state index < -0.39 is 0 Å². The first-order chi connectivity index (χ1) is 16.1.